The monoisotopic (exact) mass is 191 g/mol. The third-order valence-electron chi connectivity index (χ3n) is 1.52. The molecule has 1 rings (SSSR count). The summed E-state index contributed by atoms with van der Waals surface area (Å²) < 4.78 is 0. The molecule has 14 heavy (non-hydrogen) atoms. The quantitative estimate of drug-likeness (QED) is 0.647. The molecule has 0 bridgehead atoms. The summed E-state index contributed by atoms with van der Waals surface area (Å²) in [5.74, 6) is 6.19. The van der Waals surface area contributed by atoms with Gasteiger partial charge in [0.05, 0.1) is 0 Å². The largest absolute Gasteiger partial charge is 0.381 e. The third kappa shape index (κ3) is 3.04. The highest BCUT2D eigenvalue weighted by atomic mass is 16.3. The predicted octanol–water partition coefficient (Wildman–Crippen LogP) is 0.275. The van der Waals surface area contributed by atoms with Gasteiger partial charge in [0, 0.05) is 20.2 Å². The summed E-state index contributed by atoms with van der Waals surface area (Å²) >= 11 is 0. The van der Waals surface area contributed by atoms with Crippen molar-refractivity contribution < 1.29 is 5.11 Å². The molecular weight excluding hydrogens is 178 g/mol. The van der Waals surface area contributed by atoms with E-state index >= 15 is 0 Å². The highest BCUT2D eigenvalue weighted by molar-refractivity contribution is 5.42. The van der Waals surface area contributed by atoms with Crippen molar-refractivity contribution in [3.05, 3.63) is 18.1 Å². The molecule has 0 aliphatic rings. The Morgan fingerprint density at radius 2 is 2.14 bits per heavy atom. The van der Waals surface area contributed by atoms with Crippen molar-refractivity contribution in [2.75, 3.05) is 19.0 Å². The summed E-state index contributed by atoms with van der Waals surface area (Å²) in [7, 11) is 3.79. The van der Waals surface area contributed by atoms with Gasteiger partial charge in [0.2, 0.25) is 0 Å². The second-order valence-corrected chi connectivity index (χ2v) is 3.10. The molecule has 4 heteroatoms. The molecule has 1 aromatic heterocycles. The van der Waals surface area contributed by atoms with Gasteiger partial charge in [-0.1, -0.05) is 5.92 Å². The van der Waals surface area contributed by atoms with E-state index in [4.69, 9.17) is 5.11 Å². The molecule has 1 heterocycles. The first kappa shape index (κ1) is 10.5. The van der Waals surface area contributed by atoms with Crippen molar-refractivity contribution >= 4 is 5.82 Å². The number of nitrogens with zero attached hydrogens (tertiary/aromatic N) is 3. The van der Waals surface area contributed by atoms with Crippen LogP contribution in [0.4, 0.5) is 5.82 Å². The standard InChI is InChI=1S/C10H13N3O/c1-8(14)4-5-9-6-10(13(2)3)12-7-11-9/h6-8,14H,1-3H3. The van der Waals surface area contributed by atoms with Gasteiger partial charge >= 0.3 is 0 Å². The number of hydrogen-bond acceptors (Lipinski definition) is 4. The Morgan fingerprint density at radius 1 is 1.43 bits per heavy atom. The van der Waals surface area contributed by atoms with E-state index in [1.165, 1.54) is 6.33 Å². The van der Waals surface area contributed by atoms with Crippen LogP contribution >= 0.6 is 0 Å². The van der Waals surface area contributed by atoms with Crippen LogP contribution in [0.15, 0.2) is 12.4 Å². The summed E-state index contributed by atoms with van der Waals surface area (Å²) in [6, 6.07) is 1.77. The average molecular weight is 191 g/mol. The first-order chi connectivity index (χ1) is 6.59. The van der Waals surface area contributed by atoms with Crippen molar-refractivity contribution in [3.63, 3.8) is 0 Å². The van der Waals surface area contributed by atoms with Gasteiger partial charge in [0.1, 0.15) is 23.9 Å². The van der Waals surface area contributed by atoms with Crippen LogP contribution in [0, 0.1) is 11.8 Å². The number of anilines is 1. The first-order valence-corrected chi connectivity index (χ1v) is 4.28. The van der Waals surface area contributed by atoms with E-state index in [1.807, 2.05) is 19.0 Å². The van der Waals surface area contributed by atoms with Gasteiger partial charge in [-0.15, -0.1) is 0 Å². The van der Waals surface area contributed by atoms with Crippen LogP contribution in [0.1, 0.15) is 12.6 Å². The number of aliphatic hydroxyl groups excluding tert-OH is 1. The van der Waals surface area contributed by atoms with Crippen molar-refractivity contribution in [1.29, 1.82) is 0 Å². The number of aromatic nitrogens is 2. The van der Waals surface area contributed by atoms with Crippen molar-refractivity contribution in [3.8, 4) is 11.8 Å². The van der Waals surface area contributed by atoms with Crippen molar-refractivity contribution in [1.82, 2.24) is 9.97 Å². The molecule has 4 nitrogen and oxygen atoms in total. The Bertz CT molecular complexity index is 363. The zero-order chi connectivity index (χ0) is 10.6. The lowest BCUT2D eigenvalue weighted by atomic mass is 10.3. The SMILES string of the molecule is CC(O)C#Cc1cc(N(C)C)ncn1. The molecule has 74 valence electrons. The number of aliphatic hydroxyl groups is 1. The molecule has 0 aromatic carbocycles. The molecule has 0 amide bonds. The Hall–Kier alpha value is -1.60. The van der Waals surface area contributed by atoms with Crippen LogP contribution in [0.3, 0.4) is 0 Å². The molecule has 0 saturated carbocycles. The first-order valence-electron chi connectivity index (χ1n) is 4.28. The second kappa shape index (κ2) is 4.58. The minimum Gasteiger partial charge on any atom is -0.381 e. The summed E-state index contributed by atoms with van der Waals surface area (Å²) in [6.07, 6.45) is 0.828. The molecule has 0 aliphatic heterocycles. The lowest BCUT2D eigenvalue weighted by Gasteiger charge is -2.09. The minimum atomic E-state index is -0.632. The molecule has 0 spiro atoms. The predicted molar refractivity (Wildman–Crippen MR) is 54.9 cm³/mol. The smallest absolute Gasteiger partial charge is 0.132 e. The van der Waals surface area contributed by atoms with E-state index in [9.17, 15) is 0 Å². The van der Waals surface area contributed by atoms with E-state index in [-0.39, 0.29) is 0 Å². The summed E-state index contributed by atoms with van der Waals surface area (Å²) in [5, 5.41) is 8.96. The molecule has 1 unspecified atom stereocenters. The molecule has 0 fully saturated rings. The molecule has 0 aliphatic carbocycles. The van der Waals surface area contributed by atoms with Crippen molar-refractivity contribution in [2.45, 2.75) is 13.0 Å². The van der Waals surface area contributed by atoms with Gasteiger partial charge < -0.3 is 10.0 Å². The molecule has 1 atom stereocenters. The highest BCUT2D eigenvalue weighted by Gasteiger charge is 1.97. The summed E-state index contributed by atoms with van der Waals surface area (Å²) in [4.78, 5) is 9.89. The Labute approximate surface area is 83.6 Å². The van der Waals surface area contributed by atoms with Gasteiger partial charge in [-0.3, -0.25) is 0 Å². The topological polar surface area (TPSA) is 49.2 Å². The van der Waals surface area contributed by atoms with E-state index < -0.39 is 6.10 Å². The van der Waals surface area contributed by atoms with Crippen LogP contribution in [0.2, 0.25) is 0 Å². The van der Waals surface area contributed by atoms with Gasteiger partial charge in [0.15, 0.2) is 0 Å². The van der Waals surface area contributed by atoms with Gasteiger partial charge in [-0.2, -0.15) is 0 Å². The zero-order valence-electron chi connectivity index (χ0n) is 8.52. The lowest BCUT2D eigenvalue weighted by molar-refractivity contribution is 0.253. The van der Waals surface area contributed by atoms with Crippen LogP contribution < -0.4 is 4.90 Å². The summed E-state index contributed by atoms with van der Waals surface area (Å²) in [6.45, 7) is 1.61. The van der Waals surface area contributed by atoms with E-state index in [0.717, 1.165) is 5.82 Å². The fourth-order valence-corrected chi connectivity index (χ4v) is 0.838. The maximum Gasteiger partial charge on any atom is 0.132 e. The van der Waals surface area contributed by atoms with Crippen molar-refractivity contribution in [2.24, 2.45) is 0 Å². The van der Waals surface area contributed by atoms with E-state index in [0.29, 0.717) is 5.69 Å². The average Bonchev–Trinajstić information content (AvgIpc) is 2.15. The fraction of sp³-hybridized carbons (Fsp3) is 0.400. The van der Waals surface area contributed by atoms with Gasteiger partial charge in [-0.05, 0) is 12.8 Å². The molecular formula is C10H13N3O. The Morgan fingerprint density at radius 3 is 2.71 bits per heavy atom. The van der Waals surface area contributed by atoms with E-state index in [1.54, 1.807) is 13.0 Å². The lowest BCUT2D eigenvalue weighted by Crippen LogP contribution is -2.10. The van der Waals surface area contributed by atoms with Gasteiger partial charge in [-0.25, -0.2) is 9.97 Å². The Kier molecular flexibility index (Phi) is 3.43. The van der Waals surface area contributed by atoms with Gasteiger partial charge in [0.25, 0.3) is 0 Å². The molecule has 0 saturated heterocycles. The highest BCUT2D eigenvalue weighted by Crippen LogP contribution is 2.05. The number of rotatable bonds is 1. The maximum atomic E-state index is 8.96. The maximum absolute atomic E-state index is 8.96. The molecule has 1 N–H and O–H groups in total. The van der Waals surface area contributed by atoms with Crippen LogP contribution in [0.25, 0.3) is 0 Å². The minimum absolute atomic E-state index is 0.615. The Balaban J connectivity index is 2.91. The zero-order valence-corrected chi connectivity index (χ0v) is 8.52. The normalized spacial score (nSPS) is 11.4. The number of hydrogen-bond donors (Lipinski definition) is 1. The van der Waals surface area contributed by atoms with Crippen LogP contribution in [-0.4, -0.2) is 35.3 Å². The third-order valence-corrected chi connectivity index (χ3v) is 1.52. The molecule has 1 aromatic rings. The second-order valence-electron chi connectivity index (χ2n) is 3.10. The summed E-state index contributed by atoms with van der Waals surface area (Å²) in [5.41, 5.74) is 0.615. The van der Waals surface area contributed by atoms with Crippen LogP contribution in [0.5, 0.6) is 0 Å². The van der Waals surface area contributed by atoms with Crippen LogP contribution in [-0.2, 0) is 0 Å². The molecule has 0 radical (unpaired) electrons. The van der Waals surface area contributed by atoms with E-state index in [2.05, 4.69) is 21.8 Å². The fourth-order valence-electron chi connectivity index (χ4n) is 0.838.